The minimum absolute atomic E-state index is 0.00652. The lowest BCUT2D eigenvalue weighted by atomic mass is 9.93. The van der Waals surface area contributed by atoms with E-state index in [9.17, 15) is 32.3 Å². The lowest BCUT2D eigenvalue weighted by Crippen LogP contribution is -2.54. The first kappa shape index (κ1) is 37.8. The van der Waals surface area contributed by atoms with E-state index in [1.54, 1.807) is 53.6 Å². The molecule has 1 saturated heterocycles. The van der Waals surface area contributed by atoms with E-state index in [1.807, 2.05) is 0 Å². The fourth-order valence-corrected chi connectivity index (χ4v) is 7.94. The van der Waals surface area contributed by atoms with Crippen LogP contribution in [0.2, 0.25) is 0 Å². The average Bonchev–Trinajstić information content (AvgIpc) is 3.65. The van der Waals surface area contributed by atoms with Crippen LogP contribution >= 0.6 is 11.8 Å². The van der Waals surface area contributed by atoms with E-state index in [1.165, 1.54) is 16.7 Å². The van der Waals surface area contributed by atoms with Crippen LogP contribution in [-0.4, -0.2) is 96.1 Å². The van der Waals surface area contributed by atoms with Crippen LogP contribution in [0.4, 0.5) is 23.7 Å². The number of hydrogen-bond acceptors (Lipinski definition) is 8. The maximum atomic E-state index is 14.8. The zero-order valence-electron chi connectivity index (χ0n) is 29.1. The van der Waals surface area contributed by atoms with Crippen LogP contribution in [0.15, 0.2) is 17.0 Å². The van der Waals surface area contributed by atoms with Gasteiger partial charge in [0, 0.05) is 55.7 Å². The standard InChI is InChI=1S/C34H48F3N3O7S/c1-9-46-29(43)32(7)28(42)39(15-10-11-16-45-8)24-17-22(23(34(35,36)37)18-25(24)48-32)27(41)40(21(2)3)26-19-33(26)13-12-14-38(20-33)30(44)47-31(4,5)6/h17-18,21,26H,9-16,19-20H2,1-8H3/t26-,32?,33+/m0/s1. The molecule has 2 aliphatic heterocycles. The largest absolute Gasteiger partial charge is 0.465 e. The van der Waals surface area contributed by atoms with Crippen LogP contribution in [0.5, 0.6) is 0 Å². The summed E-state index contributed by atoms with van der Waals surface area (Å²) in [6, 6.07) is 1.19. The summed E-state index contributed by atoms with van der Waals surface area (Å²) in [5.74, 6) is -2.27. The van der Waals surface area contributed by atoms with Gasteiger partial charge in [-0.25, -0.2) is 9.59 Å². The monoisotopic (exact) mass is 699 g/mol. The Bertz CT molecular complexity index is 1420. The second kappa shape index (κ2) is 14.1. The first-order valence-electron chi connectivity index (χ1n) is 16.5. The van der Waals surface area contributed by atoms with E-state index in [0.717, 1.165) is 18.6 Å². The molecule has 1 aromatic carbocycles. The zero-order chi connectivity index (χ0) is 35.8. The number of thioether (sulfide) groups is 1. The van der Waals surface area contributed by atoms with Crippen LogP contribution in [0.25, 0.3) is 0 Å². The molecule has 0 N–H and O–H groups in total. The second-order valence-electron chi connectivity index (χ2n) is 14.3. The number of halogens is 3. The highest BCUT2D eigenvalue weighted by atomic mass is 32.2. The van der Waals surface area contributed by atoms with Crippen molar-refractivity contribution in [2.75, 3.05) is 44.9 Å². The third kappa shape index (κ3) is 7.74. The molecule has 14 heteroatoms. The number of carbonyl (C=O) groups is 4. The molecule has 1 saturated carbocycles. The Balaban J connectivity index is 1.74. The summed E-state index contributed by atoms with van der Waals surface area (Å²) in [4.78, 5) is 58.7. The summed E-state index contributed by atoms with van der Waals surface area (Å²) < 4.78 is 58.4. The van der Waals surface area contributed by atoms with E-state index in [2.05, 4.69) is 0 Å². The summed E-state index contributed by atoms with van der Waals surface area (Å²) in [6.07, 6.45) is -2.41. The Morgan fingerprint density at radius 3 is 2.42 bits per heavy atom. The minimum Gasteiger partial charge on any atom is -0.465 e. The number of amides is 3. The van der Waals surface area contributed by atoms with Gasteiger partial charge in [-0.05, 0) is 92.7 Å². The number of ether oxygens (including phenoxy) is 3. The molecule has 3 atom stereocenters. The van der Waals surface area contributed by atoms with Gasteiger partial charge in [0.1, 0.15) is 5.60 Å². The Morgan fingerprint density at radius 1 is 1.15 bits per heavy atom. The van der Waals surface area contributed by atoms with Crippen molar-refractivity contribution in [3.8, 4) is 0 Å². The smallest absolute Gasteiger partial charge is 0.417 e. The number of likely N-dealkylation sites (tertiary alicyclic amines) is 1. The van der Waals surface area contributed by atoms with E-state index in [-0.39, 0.29) is 29.8 Å². The number of anilines is 1. The SMILES string of the molecule is CCOC(=O)C1(C)Sc2cc(C(F)(F)F)c(C(=O)N(C(C)C)[C@H]3C[C@@]34CCCN(C(=O)OC(C)(C)C)C4)cc2N(CCCCOC)C1=O. The molecule has 3 aliphatic rings. The van der Waals surface area contributed by atoms with Crippen molar-refractivity contribution in [1.29, 1.82) is 0 Å². The topological polar surface area (TPSA) is 106 Å². The number of alkyl halides is 3. The van der Waals surface area contributed by atoms with Gasteiger partial charge in [0.25, 0.3) is 11.8 Å². The number of fused-ring (bicyclic) bond motifs is 1. The van der Waals surface area contributed by atoms with E-state index in [0.29, 0.717) is 57.1 Å². The van der Waals surface area contributed by atoms with E-state index in [4.69, 9.17) is 14.2 Å². The van der Waals surface area contributed by atoms with Gasteiger partial charge in [0.2, 0.25) is 0 Å². The summed E-state index contributed by atoms with van der Waals surface area (Å²) >= 11 is 0.707. The van der Waals surface area contributed by atoms with E-state index >= 15 is 0 Å². The highest BCUT2D eigenvalue weighted by molar-refractivity contribution is 8.02. The van der Waals surface area contributed by atoms with Crippen molar-refractivity contribution in [2.45, 2.75) is 114 Å². The maximum Gasteiger partial charge on any atom is 0.417 e. The van der Waals surface area contributed by atoms with Gasteiger partial charge in [0.05, 0.1) is 23.4 Å². The third-order valence-corrected chi connectivity index (χ3v) is 10.4. The van der Waals surface area contributed by atoms with Crippen molar-refractivity contribution in [1.82, 2.24) is 9.80 Å². The summed E-state index contributed by atoms with van der Waals surface area (Å²) in [7, 11) is 1.54. The van der Waals surface area contributed by atoms with Gasteiger partial charge in [0.15, 0.2) is 4.75 Å². The number of nitrogens with zero attached hydrogens (tertiary/aromatic N) is 3. The summed E-state index contributed by atoms with van der Waals surface area (Å²) in [5.41, 5.74) is -2.70. The number of methoxy groups -OCH3 is 1. The molecule has 2 heterocycles. The highest BCUT2D eigenvalue weighted by Gasteiger charge is 2.61. The molecule has 10 nitrogen and oxygen atoms in total. The molecule has 48 heavy (non-hydrogen) atoms. The van der Waals surface area contributed by atoms with Crippen LogP contribution < -0.4 is 4.90 Å². The molecule has 268 valence electrons. The Hall–Kier alpha value is -3.00. The molecule has 0 bridgehead atoms. The van der Waals surface area contributed by atoms with Crippen molar-refractivity contribution in [3.63, 3.8) is 0 Å². The Morgan fingerprint density at radius 2 is 1.83 bits per heavy atom. The van der Waals surface area contributed by atoms with Crippen LogP contribution in [0, 0.1) is 5.41 Å². The molecule has 0 radical (unpaired) electrons. The molecular weight excluding hydrogens is 651 g/mol. The molecule has 4 rings (SSSR count). The van der Waals surface area contributed by atoms with Gasteiger partial charge in [-0.3, -0.25) is 9.59 Å². The molecule has 3 amide bonds. The quantitative estimate of drug-likeness (QED) is 0.154. The van der Waals surface area contributed by atoms with Crippen molar-refractivity contribution in [2.24, 2.45) is 5.41 Å². The molecular formula is C34H48F3N3O7S. The van der Waals surface area contributed by atoms with Gasteiger partial charge >= 0.3 is 18.2 Å². The van der Waals surface area contributed by atoms with Crippen LogP contribution in [0.1, 0.15) is 96.5 Å². The molecule has 1 spiro atoms. The third-order valence-electron chi connectivity index (χ3n) is 9.07. The normalized spacial score (nSPS) is 24.1. The first-order chi connectivity index (χ1) is 22.3. The predicted octanol–water partition coefficient (Wildman–Crippen LogP) is 6.53. The number of carbonyl (C=O) groups excluding carboxylic acids is 4. The molecule has 2 fully saturated rings. The number of benzene rings is 1. The lowest BCUT2D eigenvalue weighted by molar-refractivity contribution is -0.148. The minimum atomic E-state index is -4.91. The molecule has 1 aliphatic carbocycles. The van der Waals surface area contributed by atoms with Gasteiger partial charge in [-0.2, -0.15) is 13.2 Å². The number of hydrogen-bond donors (Lipinski definition) is 0. The predicted molar refractivity (Wildman–Crippen MR) is 175 cm³/mol. The maximum absolute atomic E-state index is 14.8. The van der Waals surface area contributed by atoms with Gasteiger partial charge in [-0.15, -0.1) is 0 Å². The van der Waals surface area contributed by atoms with Crippen molar-refractivity contribution in [3.05, 3.63) is 23.3 Å². The fourth-order valence-electron chi connectivity index (χ4n) is 6.71. The molecule has 1 aromatic rings. The highest BCUT2D eigenvalue weighted by Crippen LogP contribution is 2.57. The van der Waals surface area contributed by atoms with Crippen molar-refractivity contribution < 1.29 is 46.6 Å². The summed E-state index contributed by atoms with van der Waals surface area (Å²) in [6.45, 7) is 13.2. The lowest BCUT2D eigenvalue weighted by Gasteiger charge is -2.39. The fraction of sp³-hybridized carbons (Fsp3) is 0.706. The van der Waals surface area contributed by atoms with Gasteiger partial charge < -0.3 is 28.9 Å². The number of unbranched alkanes of at least 4 members (excludes halogenated alkanes) is 1. The Kier molecular flexibility index (Phi) is 11.1. The summed E-state index contributed by atoms with van der Waals surface area (Å²) in [5, 5.41) is 0. The first-order valence-corrected chi connectivity index (χ1v) is 17.3. The number of esters is 1. The van der Waals surface area contributed by atoms with Crippen LogP contribution in [0.3, 0.4) is 0 Å². The second-order valence-corrected chi connectivity index (χ2v) is 15.7. The van der Waals surface area contributed by atoms with Crippen molar-refractivity contribution >= 4 is 41.3 Å². The number of rotatable bonds is 10. The molecule has 0 aromatic heterocycles. The zero-order valence-corrected chi connectivity index (χ0v) is 29.9. The van der Waals surface area contributed by atoms with Gasteiger partial charge in [-0.1, -0.05) is 11.8 Å². The average molecular weight is 700 g/mol. The molecule has 1 unspecified atom stereocenters. The number of piperidine rings is 1. The van der Waals surface area contributed by atoms with E-state index < -0.39 is 63.0 Å². The Labute approximate surface area is 285 Å². The van der Waals surface area contributed by atoms with Crippen LogP contribution in [-0.2, 0) is 30.0 Å².